The Hall–Kier alpha value is -2.32. The van der Waals surface area contributed by atoms with E-state index in [1.807, 2.05) is 18.2 Å². The van der Waals surface area contributed by atoms with Crippen molar-refractivity contribution < 1.29 is 13.2 Å². The van der Waals surface area contributed by atoms with E-state index in [9.17, 15) is 13.2 Å². The van der Waals surface area contributed by atoms with Crippen molar-refractivity contribution in [2.75, 3.05) is 13.1 Å². The van der Waals surface area contributed by atoms with Gasteiger partial charge in [0.05, 0.1) is 11.5 Å². The first-order valence-corrected chi connectivity index (χ1v) is 11.0. The van der Waals surface area contributed by atoms with E-state index in [2.05, 4.69) is 43.0 Å². The lowest BCUT2D eigenvalue weighted by Crippen LogP contribution is -2.34. The maximum absolute atomic E-state index is 13.2. The van der Waals surface area contributed by atoms with Gasteiger partial charge in [-0.1, -0.05) is 54.6 Å². The molecule has 2 aromatic carbocycles. The average molecular weight is 431 g/mol. The van der Waals surface area contributed by atoms with Gasteiger partial charge >= 0.3 is 6.18 Å². The Morgan fingerprint density at radius 3 is 1.97 bits per heavy atom. The number of nitriles is 1. The first-order valence-electron chi connectivity index (χ1n) is 11.0. The fourth-order valence-corrected chi connectivity index (χ4v) is 3.88. The molecule has 0 heterocycles. The second kappa shape index (κ2) is 11.3. The number of rotatable bonds is 9. The SMILES string of the molecule is CC#N.CC(C)N(CCCc1ccc(C2(C(F)(F)F)CC2)cc1)CCc1ccccc1. The van der Waals surface area contributed by atoms with Crippen molar-refractivity contribution in [2.45, 2.75) is 70.5 Å². The smallest absolute Gasteiger partial charge is 0.301 e. The Morgan fingerprint density at radius 1 is 0.935 bits per heavy atom. The third-order valence-corrected chi connectivity index (χ3v) is 5.97. The zero-order valence-corrected chi connectivity index (χ0v) is 18.8. The van der Waals surface area contributed by atoms with Crippen LogP contribution in [-0.2, 0) is 18.3 Å². The number of aryl methyl sites for hydroxylation is 1. The van der Waals surface area contributed by atoms with Crippen molar-refractivity contribution in [1.29, 1.82) is 5.26 Å². The highest BCUT2D eigenvalue weighted by atomic mass is 19.4. The summed E-state index contributed by atoms with van der Waals surface area (Å²) in [5.74, 6) is 0. The van der Waals surface area contributed by atoms with Crippen LogP contribution in [0.25, 0.3) is 0 Å². The molecule has 1 aliphatic rings. The van der Waals surface area contributed by atoms with Gasteiger partial charge in [0.1, 0.15) is 0 Å². The molecular weight excluding hydrogens is 397 g/mol. The van der Waals surface area contributed by atoms with E-state index in [4.69, 9.17) is 5.26 Å². The molecule has 0 amide bonds. The Labute approximate surface area is 184 Å². The minimum atomic E-state index is -4.13. The van der Waals surface area contributed by atoms with E-state index in [0.29, 0.717) is 11.6 Å². The van der Waals surface area contributed by atoms with Crippen molar-refractivity contribution >= 4 is 0 Å². The summed E-state index contributed by atoms with van der Waals surface area (Å²) in [6, 6.07) is 19.9. The predicted octanol–water partition coefficient (Wildman–Crippen LogP) is 6.70. The molecule has 1 saturated carbocycles. The van der Waals surface area contributed by atoms with Gasteiger partial charge in [-0.15, -0.1) is 0 Å². The zero-order chi connectivity index (χ0) is 22.9. The van der Waals surface area contributed by atoms with Crippen LogP contribution in [0.2, 0.25) is 0 Å². The van der Waals surface area contributed by atoms with Crippen molar-refractivity contribution in [1.82, 2.24) is 4.90 Å². The molecule has 0 aromatic heterocycles. The number of hydrogen-bond donors (Lipinski definition) is 0. The van der Waals surface area contributed by atoms with E-state index >= 15 is 0 Å². The fraction of sp³-hybridized carbons (Fsp3) is 0.500. The van der Waals surface area contributed by atoms with Crippen molar-refractivity contribution in [3.05, 3.63) is 71.3 Å². The summed E-state index contributed by atoms with van der Waals surface area (Å²) in [6.45, 7) is 7.88. The van der Waals surface area contributed by atoms with Crippen LogP contribution in [0.4, 0.5) is 13.2 Å². The van der Waals surface area contributed by atoms with Gasteiger partial charge in [-0.3, -0.25) is 0 Å². The van der Waals surface area contributed by atoms with Crippen molar-refractivity contribution in [3.63, 3.8) is 0 Å². The summed E-state index contributed by atoms with van der Waals surface area (Å²) in [6.07, 6.45) is -0.746. The predicted molar refractivity (Wildman–Crippen MR) is 120 cm³/mol. The van der Waals surface area contributed by atoms with Crippen LogP contribution >= 0.6 is 0 Å². The van der Waals surface area contributed by atoms with Gasteiger partial charge in [-0.25, -0.2) is 0 Å². The molecule has 0 aliphatic heterocycles. The van der Waals surface area contributed by atoms with Gasteiger partial charge in [0.2, 0.25) is 0 Å². The molecule has 1 fully saturated rings. The molecule has 2 nitrogen and oxygen atoms in total. The molecule has 1 aliphatic carbocycles. The van der Waals surface area contributed by atoms with Crippen LogP contribution in [0.15, 0.2) is 54.6 Å². The quantitative estimate of drug-likeness (QED) is 0.443. The number of benzene rings is 2. The molecule has 168 valence electrons. The van der Waals surface area contributed by atoms with Crippen LogP contribution in [-0.4, -0.2) is 30.2 Å². The largest absolute Gasteiger partial charge is 0.398 e. The number of nitrogens with zero attached hydrogens (tertiary/aromatic N) is 2. The molecule has 0 unspecified atom stereocenters. The molecule has 3 rings (SSSR count). The van der Waals surface area contributed by atoms with Crippen LogP contribution in [0, 0.1) is 11.3 Å². The molecule has 0 bridgehead atoms. The van der Waals surface area contributed by atoms with Crippen LogP contribution in [0.5, 0.6) is 0 Å². The minimum Gasteiger partial charge on any atom is -0.301 e. The monoisotopic (exact) mass is 430 g/mol. The standard InChI is InChI=1S/C24H30F3N.C2H3N/c1-19(2)28(18-14-20-7-4-3-5-8-20)17-6-9-21-10-12-22(13-11-21)23(15-16-23)24(25,26)27;1-2-3/h3-5,7-8,10-13,19H,6,9,14-18H2,1-2H3;1H3. The molecule has 0 saturated heterocycles. The van der Waals surface area contributed by atoms with Gasteiger partial charge in [0.15, 0.2) is 0 Å². The van der Waals surface area contributed by atoms with Crippen molar-refractivity contribution in [2.24, 2.45) is 0 Å². The summed E-state index contributed by atoms with van der Waals surface area (Å²) in [5.41, 5.74) is 1.32. The zero-order valence-electron chi connectivity index (χ0n) is 18.8. The Balaban J connectivity index is 0.00000107. The summed E-state index contributed by atoms with van der Waals surface area (Å²) in [7, 11) is 0. The summed E-state index contributed by atoms with van der Waals surface area (Å²) < 4.78 is 39.7. The van der Waals surface area contributed by atoms with Crippen LogP contribution < -0.4 is 0 Å². The third-order valence-electron chi connectivity index (χ3n) is 5.97. The lowest BCUT2D eigenvalue weighted by atomic mass is 9.94. The first-order chi connectivity index (χ1) is 14.7. The Morgan fingerprint density at radius 2 is 1.48 bits per heavy atom. The van der Waals surface area contributed by atoms with E-state index < -0.39 is 11.6 Å². The summed E-state index contributed by atoms with van der Waals surface area (Å²) >= 11 is 0. The van der Waals surface area contributed by atoms with Gasteiger partial charge < -0.3 is 4.90 Å². The number of hydrogen-bond acceptors (Lipinski definition) is 2. The molecule has 5 heteroatoms. The third kappa shape index (κ3) is 7.11. The molecule has 0 atom stereocenters. The highest BCUT2D eigenvalue weighted by Crippen LogP contribution is 2.58. The van der Waals surface area contributed by atoms with Gasteiger partial charge in [-0.2, -0.15) is 18.4 Å². The van der Waals surface area contributed by atoms with Crippen LogP contribution in [0.3, 0.4) is 0 Å². The maximum atomic E-state index is 13.2. The second-order valence-electron chi connectivity index (χ2n) is 8.47. The summed E-state index contributed by atoms with van der Waals surface area (Å²) in [4.78, 5) is 2.48. The van der Waals surface area contributed by atoms with E-state index in [0.717, 1.165) is 37.9 Å². The topological polar surface area (TPSA) is 27.0 Å². The van der Waals surface area contributed by atoms with E-state index in [1.165, 1.54) is 12.5 Å². The van der Waals surface area contributed by atoms with Gasteiger partial charge in [0, 0.05) is 19.5 Å². The van der Waals surface area contributed by atoms with Crippen molar-refractivity contribution in [3.8, 4) is 6.07 Å². The Bertz CT molecular complexity index is 816. The highest BCUT2D eigenvalue weighted by molar-refractivity contribution is 5.35. The van der Waals surface area contributed by atoms with E-state index in [1.54, 1.807) is 18.2 Å². The highest BCUT2D eigenvalue weighted by Gasteiger charge is 2.64. The molecule has 31 heavy (non-hydrogen) atoms. The maximum Gasteiger partial charge on any atom is 0.398 e. The fourth-order valence-electron chi connectivity index (χ4n) is 3.88. The minimum absolute atomic E-state index is 0.223. The molecule has 0 N–H and O–H groups in total. The first kappa shape index (κ1) is 24.9. The average Bonchev–Trinajstić information content (AvgIpc) is 3.54. The normalized spacial score (nSPS) is 14.7. The summed E-state index contributed by atoms with van der Waals surface area (Å²) in [5, 5.41) is 7.32. The molecular formula is C26H33F3N2. The van der Waals surface area contributed by atoms with Gasteiger partial charge in [0.25, 0.3) is 0 Å². The molecule has 0 radical (unpaired) electrons. The molecule has 0 spiro atoms. The van der Waals surface area contributed by atoms with E-state index in [-0.39, 0.29) is 12.8 Å². The van der Waals surface area contributed by atoms with Crippen LogP contribution in [0.1, 0.15) is 56.7 Å². The Kier molecular flexibility index (Phi) is 9.13. The number of halogens is 3. The van der Waals surface area contributed by atoms with Gasteiger partial charge in [-0.05, 0) is 69.2 Å². The second-order valence-corrected chi connectivity index (χ2v) is 8.47. The number of alkyl halides is 3. The lowest BCUT2D eigenvalue weighted by molar-refractivity contribution is -0.160. The lowest BCUT2D eigenvalue weighted by Gasteiger charge is -2.26. The molecule has 2 aromatic rings.